The maximum absolute atomic E-state index is 14.4. The van der Waals surface area contributed by atoms with Crippen LogP contribution in [0.1, 0.15) is 26.2 Å². The van der Waals surface area contributed by atoms with E-state index in [4.69, 9.17) is 16.3 Å². The van der Waals surface area contributed by atoms with E-state index >= 15 is 0 Å². The molecule has 4 fully saturated rings. The number of nitrogens with one attached hydrogen (secondary N) is 1. The third-order valence-corrected chi connectivity index (χ3v) is 8.42. The van der Waals surface area contributed by atoms with Crippen LogP contribution in [0.2, 0.25) is 5.02 Å². The number of ether oxygens (including phenoxy) is 1. The van der Waals surface area contributed by atoms with Crippen LogP contribution in [0.25, 0.3) is 10.8 Å². The highest BCUT2D eigenvalue weighted by atomic mass is 35.5. The zero-order valence-electron chi connectivity index (χ0n) is 18.2. The molecule has 1 aromatic carbocycles. The van der Waals surface area contributed by atoms with E-state index in [1.54, 1.807) is 6.20 Å². The maximum atomic E-state index is 14.4. The van der Waals surface area contributed by atoms with E-state index in [1.165, 1.54) is 12.8 Å². The van der Waals surface area contributed by atoms with Crippen LogP contribution in [0.5, 0.6) is 0 Å². The summed E-state index contributed by atoms with van der Waals surface area (Å²) in [5.41, 5.74) is 0.748. The molecule has 4 aliphatic rings. The number of fused-ring (bicyclic) bond motifs is 1. The van der Waals surface area contributed by atoms with Crippen molar-refractivity contribution in [1.82, 2.24) is 9.88 Å². The molecule has 1 N–H and O–H groups in total. The van der Waals surface area contributed by atoms with E-state index in [-0.39, 0.29) is 18.4 Å². The van der Waals surface area contributed by atoms with Gasteiger partial charge in [-0.2, -0.15) is 0 Å². The first kappa shape index (κ1) is 20.6. The molecule has 3 atom stereocenters. The molecule has 32 heavy (non-hydrogen) atoms. The quantitative estimate of drug-likeness (QED) is 0.753. The van der Waals surface area contributed by atoms with E-state index in [9.17, 15) is 9.18 Å². The fraction of sp³-hybridized carbons (Fsp3) is 0.583. The summed E-state index contributed by atoms with van der Waals surface area (Å²) < 4.78 is 19.8. The van der Waals surface area contributed by atoms with Crippen LogP contribution < -0.4 is 10.2 Å². The summed E-state index contributed by atoms with van der Waals surface area (Å²) in [6.07, 6.45) is 4.20. The second-order valence-corrected chi connectivity index (χ2v) is 10.5. The molecule has 0 bridgehead atoms. The largest absolute Gasteiger partial charge is 0.376 e. The highest BCUT2D eigenvalue weighted by Crippen LogP contribution is 2.70. The smallest absolute Gasteiger partial charge is 0.229 e. The van der Waals surface area contributed by atoms with E-state index in [0.717, 1.165) is 49.1 Å². The molecule has 1 spiro atoms. The Morgan fingerprint density at radius 1 is 1.22 bits per heavy atom. The van der Waals surface area contributed by atoms with Gasteiger partial charge < -0.3 is 15.0 Å². The number of aromatic nitrogens is 1. The molecular formula is C24H28ClFN4O2. The first-order chi connectivity index (χ1) is 15.4. The molecule has 0 radical (unpaired) electrons. The normalized spacial score (nSPS) is 31.3. The first-order valence-electron chi connectivity index (χ1n) is 11.5. The lowest BCUT2D eigenvalue weighted by Gasteiger charge is -2.44. The summed E-state index contributed by atoms with van der Waals surface area (Å²) in [7, 11) is 0. The SMILES string of the molecule is C[C@@]1(N2CCN(c3cc4cc(NC(=O)[C@@H]5CC56CC6)ncc4cc3Cl)CC2)COC[C@@H]1F. The summed E-state index contributed by atoms with van der Waals surface area (Å²) in [5, 5.41) is 5.61. The van der Waals surface area contributed by atoms with Crippen molar-refractivity contribution in [2.75, 3.05) is 49.6 Å². The molecule has 3 heterocycles. The van der Waals surface area contributed by atoms with Crippen LogP contribution in [0.15, 0.2) is 24.4 Å². The van der Waals surface area contributed by atoms with E-state index in [0.29, 0.717) is 22.9 Å². The molecule has 2 saturated carbocycles. The Morgan fingerprint density at radius 3 is 2.66 bits per heavy atom. The van der Waals surface area contributed by atoms with Crippen LogP contribution in [-0.2, 0) is 9.53 Å². The van der Waals surface area contributed by atoms with Crippen LogP contribution in [0.3, 0.4) is 0 Å². The Kier molecular flexibility index (Phi) is 4.69. The van der Waals surface area contributed by atoms with Gasteiger partial charge in [0.05, 0.1) is 29.5 Å². The van der Waals surface area contributed by atoms with Crippen molar-refractivity contribution in [3.63, 3.8) is 0 Å². The average molecular weight is 459 g/mol. The minimum absolute atomic E-state index is 0.0928. The van der Waals surface area contributed by atoms with E-state index in [2.05, 4.69) is 26.2 Å². The van der Waals surface area contributed by atoms with Crippen molar-refractivity contribution in [1.29, 1.82) is 0 Å². The lowest BCUT2D eigenvalue weighted by Crippen LogP contribution is -2.59. The van der Waals surface area contributed by atoms with Crippen LogP contribution in [0.4, 0.5) is 15.9 Å². The molecule has 2 aromatic rings. The second kappa shape index (κ2) is 7.27. The zero-order valence-corrected chi connectivity index (χ0v) is 19.0. The van der Waals surface area contributed by atoms with Gasteiger partial charge in [-0.25, -0.2) is 9.37 Å². The maximum Gasteiger partial charge on any atom is 0.229 e. The van der Waals surface area contributed by atoms with Crippen molar-refractivity contribution in [2.45, 2.75) is 37.9 Å². The molecule has 8 heteroatoms. The Labute approximate surface area is 192 Å². The third-order valence-electron chi connectivity index (χ3n) is 8.11. The van der Waals surface area contributed by atoms with E-state index < -0.39 is 11.7 Å². The Bertz CT molecular complexity index is 1090. The van der Waals surface area contributed by atoms with Gasteiger partial charge in [0, 0.05) is 43.7 Å². The second-order valence-electron chi connectivity index (χ2n) is 10.1. The number of nitrogens with zero attached hydrogens (tertiary/aromatic N) is 3. The summed E-state index contributed by atoms with van der Waals surface area (Å²) in [6.45, 7) is 5.64. The topological polar surface area (TPSA) is 57.7 Å². The molecular weight excluding hydrogens is 431 g/mol. The summed E-state index contributed by atoms with van der Waals surface area (Å²) in [5.74, 6) is 0.842. The van der Waals surface area contributed by atoms with Crippen molar-refractivity contribution in [3.8, 4) is 0 Å². The molecule has 1 aromatic heterocycles. The highest BCUT2D eigenvalue weighted by Gasteiger charge is 2.65. The van der Waals surface area contributed by atoms with Crippen molar-refractivity contribution in [2.24, 2.45) is 11.3 Å². The van der Waals surface area contributed by atoms with Gasteiger partial charge >= 0.3 is 0 Å². The number of hydrogen-bond acceptors (Lipinski definition) is 5. The first-order valence-corrected chi connectivity index (χ1v) is 11.9. The lowest BCUT2D eigenvalue weighted by atomic mass is 9.96. The molecule has 2 aliphatic carbocycles. The van der Waals surface area contributed by atoms with Gasteiger partial charge in [0.2, 0.25) is 5.91 Å². The molecule has 0 unspecified atom stereocenters. The van der Waals surface area contributed by atoms with Crippen LogP contribution >= 0.6 is 11.6 Å². The Balaban J connectivity index is 1.18. The van der Waals surface area contributed by atoms with Crippen LogP contribution in [0, 0.1) is 11.3 Å². The van der Waals surface area contributed by atoms with Gasteiger partial charge in [-0.3, -0.25) is 9.69 Å². The number of alkyl halides is 1. The van der Waals surface area contributed by atoms with Gasteiger partial charge in [0.25, 0.3) is 0 Å². The number of pyridine rings is 1. The number of halogens is 2. The predicted octanol–water partition coefficient (Wildman–Crippen LogP) is 3.88. The predicted molar refractivity (Wildman–Crippen MR) is 123 cm³/mol. The summed E-state index contributed by atoms with van der Waals surface area (Å²) >= 11 is 6.63. The van der Waals surface area contributed by atoms with Crippen molar-refractivity contribution < 1.29 is 13.9 Å². The number of carbonyl (C=O) groups is 1. The minimum Gasteiger partial charge on any atom is -0.376 e. The van der Waals surface area contributed by atoms with Gasteiger partial charge in [-0.05, 0) is 55.2 Å². The standard InChI is InChI=1S/C24H28ClFN4O2/c1-23(14-32-13-20(23)26)30-6-4-29(5-7-30)19-9-15-10-21(27-12-16(15)8-18(19)25)28-22(31)17-11-24(17)2-3-24/h8-10,12,17,20H,2-7,11,13-14H2,1H3,(H,27,28,31)/t17-,20-,23+/m0/s1. The number of amides is 1. The number of rotatable bonds is 4. The molecule has 2 aliphatic heterocycles. The van der Waals surface area contributed by atoms with Crippen molar-refractivity contribution >= 4 is 39.8 Å². The highest BCUT2D eigenvalue weighted by molar-refractivity contribution is 6.34. The lowest BCUT2D eigenvalue weighted by molar-refractivity contribution is -0.117. The molecule has 6 rings (SSSR count). The third kappa shape index (κ3) is 3.37. The fourth-order valence-electron chi connectivity index (χ4n) is 5.50. The summed E-state index contributed by atoms with van der Waals surface area (Å²) in [4.78, 5) is 21.4. The fourth-order valence-corrected chi connectivity index (χ4v) is 5.79. The van der Waals surface area contributed by atoms with Crippen molar-refractivity contribution in [3.05, 3.63) is 29.4 Å². The van der Waals surface area contributed by atoms with Gasteiger partial charge in [-0.1, -0.05) is 11.6 Å². The van der Waals surface area contributed by atoms with Gasteiger partial charge in [0.1, 0.15) is 12.0 Å². The number of piperazine rings is 1. The minimum atomic E-state index is -0.954. The molecule has 1 amide bonds. The molecule has 2 saturated heterocycles. The number of benzene rings is 1. The molecule has 170 valence electrons. The Morgan fingerprint density at radius 2 is 2.00 bits per heavy atom. The van der Waals surface area contributed by atoms with Gasteiger partial charge in [0.15, 0.2) is 0 Å². The molecule has 6 nitrogen and oxygen atoms in total. The van der Waals surface area contributed by atoms with Crippen LogP contribution in [-0.4, -0.2) is 66.9 Å². The zero-order chi connectivity index (χ0) is 22.1. The van der Waals surface area contributed by atoms with Gasteiger partial charge in [-0.15, -0.1) is 0 Å². The summed E-state index contributed by atoms with van der Waals surface area (Å²) in [6, 6.07) is 5.93. The average Bonchev–Trinajstić information content (AvgIpc) is 3.70. The number of carbonyl (C=O) groups excluding carboxylic acids is 1. The monoisotopic (exact) mass is 458 g/mol. The van der Waals surface area contributed by atoms with E-state index in [1.807, 2.05) is 19.1 Å². The number of anilines is 2. The Hall–Kier alpha value is -1.96. The number of hydrogen-bond donors (Lipinski definition) is 1.